The van der Waals surface area contributed by atoms with Crippen LogP contribution in [0.4, 0.5) is 11.6 Å². The predicted octanol–water partition coefficient (Wildman–Crippen LogP) is 3.66. The number of methoxy groups -OCH3 is 1. The molecule has 1 unspecified atom stereocenters. The summed E-state index contributed by atoms with van der Waals surface area (Å²) in [4.78, 5) is 8.88. The fourth-order valence-electron chi connectivity index (χ4n) is 2.25. The predicted molar refractivity (Wildman–Crippen MR) is 95.3 cm³/mol. The van der Waals surface area contributed by atoms with Crippen LogP contribution >= 0.6 is 0 Å². The van der Waals surface area contributed by atoms with E-state index in [1.165, 1.54) is 5.56 Å². The summed E-state index contributed by atoms with van der Waals surface area (Å²) in [7, 11) is 1.69. The van der Waals surface area contributed by atoms with Crippen LogP contribution in [-0.2, 0) is 6.42 Å². The third kappa shape index (κ3) is 5.43. The lowest BCUT2D eigenvalue weighted by molar-refractivity contribution is 0.414. The Kier molecular flexibility index (Phi) is 6.20. The summed E-state index contributed by atoms with van der Waals surface area (Å²) in [5.41, 5.74) is 1.24. The van der Waals surface area contributed by atoms with Crippen molar-refractivity contribution < 1.29 is 4.74 Å². The van der Waals surface area contributed by atoms with Gasteiger partial charge in [-0.25, -0.2) is 9.97 Å². The number of hydrogen-bond acceptors (Lipinski definition) is 5. The van der Waals surface area contributed by atoms with E-state index in [1.54, 1.807) is 7.11 Å². The van der Waals surface area contributed by atoms with Crippen molar-refractivity contribution in [1.29, 1.82) is 0 Å². The highest BCUT2D eigenvalue weighted by molar-refractivity contribution is 5.48. The van der Waals surface area contributed by atoms with Crippen molar-refractivity contribution in [1.82, 2.24) is 9.97 Å². The molecule has 0 aliphatic rings. The molecule has 1 aromatic heterocycles. The van der Waals surface area contributed by atoms with E-state index < -0.39 is 0 Å². The molecule has 0 spiro atoms. The first kappa shape index (κ1) is 17.1. The maximum atomic E-state index is 5.25. The number of aryl methyl sites for hydroxylation is 1. The molecule has 0 fully saturated rings. The van der Waals surface area contributed by atoms with Crippen molar-refractivity contribution in [2.45, 2.75) is 39.7 Å². The third-order valence-electron chi connectivity index (χ3n) is 3.70. The van der Waals surface area contributed by atoms with Gasteiger partial charge in [0, 0.05) is 18.7 Å². The zero-order valence-corrected chi connectivity index (χ0v) is 14.4. The van der Waals surface area contributed by atoms with Crippen LogP contribution in [0.5, 0.6) is 5.75 Å². The molecule has 0 amide bonds. The van der Waals surface area contributed by atoms with Crippen molar-refractivity contribution in [3.63, 3.8) is 0 Å². The Bertz CT molecular complexity index is 630. The summed E-state index contributed by atoms with van der Waals surface area (Å²) in [5.74, 6) is 3.38. The van der Waals surface area contributed by atoms with Gasteiger partial charge in [0.05, 0.1) is 7.11 Å². The van der Waals surface area contributed by atoms with Gasteiger partial charge in [0.15, 0.2) is 0 Å². The molecule has 2 N–H and O–H groups in total. The van der Waals surface area contributed by atoms with Gasteiger partial charge in [-0.05, 0) is 44.4 Å². The fraction of sp³-hybridized carbons (Fsp3) is 0.444. The lowest BCUT2D eigenvalue weighted by Crippen LogP contribution is -2.16. The number of rotatable bonds is 8. The average Bonchev–Trinajstić information content (AvgIpc) is 2.54. The first-order valence-corrected chi connectivity index (χ1v) is 8.09. The van der Waals surface area contributed by atoms with Crippen molar-refractivity contribution >= 4 is 11.6 Å². The lowest BCUT2D eigenvalue weighted by atomic mass is 10.1. The number of nitrogens with one attached hydrogen (secondary N) is 2. The Morgan fingerprint density at radius 2 is 1.96 bits per heavy atom. The van der Waals surface area contributed by atoms with E-state index in [0.29, 0.717) is 6.04 Å². The molecular formula is C18H26N4O. The molecule has 0 aliphatic carbocycles. The summed E-state index contributed by atoms with van der Waals surface area (Å²) < 4.78 is 5.25. The molecule has 5 heteroatoms. The number of hydrogen-bond donors (Lipinski definition) is 2. The molecular weight excluding hydrogens is 288 g/mol. The van der Waals surface area contributed by atoms with Crippen LogP contribution in [-0.4, -0.2) is 29.7 Å². The van der Waals surface area contributed by atoms with Crippen molar-refractivity contribution in [2.24, 2.45) is 0 Å². The molecule has 1 heterocycles. The molecule has 2 aromatic rings. The topological polar surface area (TPSA) is 59.1 Å². The first-order chi connectivity index (χ1) is 11.1. The zero-order chi connectivity index (χ0) is 16.7. The van der Waals surface area contributed by atoms with Gasteiger partial charge in [-0.1, -0.05) is 19.1 Å². The van der Waals surface area contributed by atoms with Gasteiger partial charge in [0.1, 0.15) is 23.2 Å². The molecule has 5 nitrogen and oxygen atoms in total. The molecule has 0 saturated heterocycles. The smallest absolute Gasteiger partial charge is 0.132 e. The summed E-state index contributed by atoms with van der Waals surface area (Å²) in [6, 6.07) is 10.5. The molecule has 0 aliphatic heterocycles. The lowest BCUT2D eigenvalue weighted by Gasteiger charge is -2.14. The number of aromatic nitrogens is 2. The minimum atomic E-state index is 0.397. The summed E-state index contributed by atoms with van der Waals surface area (Å²) in [6.07, 6.45) is 1.97. The number of nitrogens with zero attached hydrogens (tertiary/aromatic N) is 2. The summed E-state index contributed by atoms with van der Waals surface area (Å²) in [6.45, 7) is 7.02. The number of anilines is 2. The standard InChI is InChI=1S/C18H26N4O/c1-5-13(2)20-18-12-17(21-14(3)22-18)19-10-9-15-7-6-8-16(11-15)23-4/h6-8,11-13H,5,9-10H2,1-4H3,(H2,19,20,21,22). The minimum Gasteiger partial charge on any atom is -0.497 e. The molecule has 0 saturated carbocycles. The van der Waals surface area contributed by atoms with E-state index >= 15 is 0 Å². The van der Waals surface area contributed by atoms with E-state index in [0.717, 1.165) is 42.6 Å². The van der Waals surface area contributed by atoms with Crippen LogP contribution in [0.2, 0.25) is 0 Å². The average molecular weight is 314 g/mol. The van der Waals surface area contributed by atoms with Crippen LogP contribution in [0.15, 0.2) is 30.3 Å². The first-order valence-electron chi connectivity index (χ1n) is 8.09. The van der Waals surface area contributed by atoms with Gasteiger partial charge in [-0.3, -0.25) is 0 Å². The van der Waals surface area contributed by atoms with Gasteiger partial charge in [-0.15, -0.1) is 0 Å². The maximum absolute atomic E-state index is 5.25. The Morgan fingerprint density at radius 3 is 2.70 bits per heavy atom. The quantitative estimate of drug-likeness (QED) is 0.779. The second-order valence-corrected chi connectivity index (χ2v) is 5.67. The monoisotopic (exact) mass is 314 g/mol. The van der Waals surface area contributed by atoms with Gasteiger partial charge in [0.25, 0.3) is 0 Å². The van der Waals surface area contributed by atoms with Crippen LogP contribution in [0.3, 0.4) is 0 Å². The molecule has 1 atom stereocenters. The van der Waals surface area contributed by atoms with E-state index in [1.807, 2.05) is 25.1 Å². The van der Waals surface area contributed by atoms with Gasteiger partial charge >= 0.3 is 0 Å². The van der Waals surface area contributed by atoms with Crippen LogP contribution in [0.25, 0.3) is 0 Å². The Labute approximate surface area is 138 Å². The third-order valence-corrected chi connectivity index (χ3v) is 3.70. The molecule has 124 valence electrons. The highest BCUT2D eigenvalue weighted by Crippen LogP contribution is 2.15. The molecule has 1 aromatic carbocycles. The van der Waals surface area contributed by atoms with E-state index in [9.17, 15) is 0 Å². The number of ether oxygens (including phenoxy) is 1. The van der Waals surface area contributed by atoms with E-state index in [-0.39, 0.29) is 0 Å². The Morgan fingerprint density at radius 1 is 1.17 bits per heavy atom. The zero-order valence-electron chi connectivity index (χ0n) is 14.4. The molecule has 23 heavy (non-hydrogen) atoms. The highest BCUT2D eigenvalue weighted by atomic mass is 16.5. The van der Waals surface area contributed by atoms with Crippen LogP contribution < -0.4 is 15.4 Å². The fourth-order valence-corrected chi connectivity index (χ4v) is 2.25. The highest BCUT2D eigenvalue weighted by Gasteiger charge is 2.04. The maximum Gasteiger partial charge on any atom is 0.132 e. The van der Waals surface area contributed by atoms with Gasteiger partial charge < -0.3 is 15.4 Å². The van der Waals surface area contributed by atoms with E-state index in [4.69, 9.17) is 4.74 Å². The van der Waals surface area contributed by atoms with Crippen molar-refractivity contribution in [2.75, 3.05) is 24.3 Å². The Hall–Kier alpha value is -2.30. The van der Waals surface area contributed by atoms with E-state index in [2.05, 4.69) is 46.6 Å². The van der Waals surface area contributed by atoms with Gasteiger partial charge in [0.2, 0.25) is 0 Å². The molecule has 0 bridgehead atoms. The normalized spacial score (nSPS) is 11.8. The number of benzene rings is 1. The van der Waals surface area contributed by atoms with Crippen molar-refractivity contribution in [3.8, 4) is 5.75 Å². The summed E-state index contributed by atoms with van der Waals surface area (Å²) >= 11 is 0. The Balaban J connectivity index is 1.94. The van der Waals surface area contributed by atoms with Crippen LogP contribution in [0.1, 0.15) is 31.7 Å². The largest absolute Gasteiger partial charge is 0.497 e. The molecule has 0 radical (unpaired) electrons. The van der Waals surface area contributed by atoms with Crippen molar-refractivity contribution in [3.05, 3.63) is 41.7 Å². The molecule has 2 rings (SSSR count). The van der Waals surface area contributed by atoms with Gasteiger partial charge in [-0.2, -0.15) is 0 Å². The second-order valence-electron chi connectivity index (χ2n) is 5.67. The van der Waals surface area contributed by atoms with Crippen LogP contribution in [0, 0.1) is 6.92 Å². The summed E-state index contributed by atoms with van der Waals surface area (Å²) in [5, 5.41) is 6.76. The second kappa shape index (κ2) is 8.36. The minimum absolute atomic E-state index is 0.397. The SMILES string of the molecule is CCC(C)Nc1cc(NCCc2cccc(OC)c2)nc(C)n1.